The summed E-state index contributed by atoms with van der Waals surface area (Å²) in [7, 11) is 3.91. The lowest BCUT2D eigenvalue weighted by Gasteiger charge is -2.48. The van der Waals surface area contributed by atoms with Crippen LogP contribution in [0.3, 0.4) is 0 Å². The fourth-order valence-corrected chi connectivity index (χ4v) is 7.24. The van der Waals surface area contributed by atoms with E-state index in [0.717, 1.165) is 57.8 Å². The Balaban J connectivity index is 1.33. The summed E-state index contributed by atoms with van der Waals surface area (Å²) in [6.45, 7) is 4.26. The second-order valence-electron chi connectivity index (χ2n) is 12.2. The van der Waals surface area contributed by atoms with E-state index >= 15 is 0 Å². The van der Waals surface area contributed by atoms with Crippen LogP contribution in [0.1, 0.15) is 67.1 Å². The standard InChI is InChI=1S/C31H41F3N6O2/c1-4-35-28(41)27-20-7-5-19(6-8-20)24(27)17-26-25(31(32,33)34)18-36-30(38-26)37-22-11-9-21(10-12-22)29(42)40(3)23-13-15-39(2)16-14-23/h9-12,18-20,23-24,27H,4-8,13-17H2,1-3H3,(H,35,41)(H,36,37,38)/t19?,20?,24-,27+/m1/s1. The average Bonchev–Trinajstić information content (AvgIpc) is 2.97. The predicted molar refractivity (Wildman–Crippen MR) is 154 cm³/mol. The lowest BCUT2D eigenvalue weighted by atomic mass is 9.57. The quantitative estimate of drug-likeness (QED) is 0.446. The van der Waals surface area contributed by atoms with Crippen molar-refractivity contribution in [1.82, 2.24) is 25.1 Å². The van der Waals surface area contributed by atoms with E-state index in [-0.39, 0.29) is 59.6 Å². The molecule has 2 N–H and O–H groups in total. The molecule has 3 saturated carbocycles. The monoisotopic (exact) mass is 586 g/mol. The van der Waals surface area contributed by atoms with E-state index in [1.165, 1.54) is 0 Å². The van der Waals surface area contributed by atoms with Gasteiger partial charge in [-0.1, -0.05) is 0 Å². The zero-order valence-electron chi connectivity index (χ0n) is 24.6. The van der Waals surface area contributed by atoms with E-state index in [1.807, 2.05) is 14.0 Å². The molecule has 6 rings (SSSR count). The van der Waals surface area contributed by atoms with Crippen LogP contribution >= 0.6 is 0 Å². The normalized spacial score (nSPS) is 24.8. The largest absolute Gasteiger partial charge is 0.419 e. The van der Waals surface area contributed by atoms with Crippen LogP contribution in [0.15, 0.2) is 30.5 Å². The molecule has 4 fully saturated rings. The summed E-state index contributed by atoms with van der Waals surface area (Å²) in [4.78, 5) is 38.4. The molecule has 1 aromatic heterocycles. The van der Waals surface area contributed by atoms with Crippen LogP contribution in [-0.2, 0) is 17.4 Å². The van der Waals surface area contributed by atoms with Gasteiger partial charge in [-0.05, 0) is 114 Å². The van der Waals surface area contributed by atoms with E-state index in [2.05, 4.69) is 32.5 Å². The third-order valence-electron chi connectivity index (χ3n) is 9.59. The van der Waals surface area contributed by atoms with Gasteiger partial charge in [0.2, 0.25) is 11.9 Å². The molecule has 0 unspecified atom stereocenters. The van der Waals surface area contributed by atoms with Crippen molar-refractivity contribution in [3.05, 3.63) is 47.3 Å². The Morgan fingerprint density at radius 3 is 2.29 bits per heavy atom. The molecule has 2 heterocycles. The molecule has 3 aliphatic carbocycles. The minimum Gasteiger partial charge on any atom is -0.356 e. The van der Waals surface area contributed by atoms with Crippen molar-refractivity contribution in [1.29, 1.82) is 0 Å². The summed E-state index contributed by atoms with van der Waals surface area (Å²) in [5, 5.41) is 5.92. The molecule has 42 heavy (non-hydrogen) atoms. The summed E-state index contributed by atoms with van der Waals surface area (Å²) in [6.07, 6.45) is 1.91. The number of fused-ring (bicyclic) bond motifs is 3. The van der Waals surface area contributed by atoms with Gasteiger partial charge in [-0.25, -0.2) is 9.97 Å². The van der Waals surface area contributed by atoms with Crippen LogP contribution in [-0.4, -0.2) is 71.4 Å². The summed E-state index contributed by atoms with van der Waals surface area (Å²) in [6, 6.07) is 7.02. The number of rotatable bonds is 8. The van der Waals surface area contributed by atoms with Crippen LogP contribution in [0.4, 0.5) is 24.8 Å². The number of aromatic nitrogens is 2. The smallest absolute Gasteiger partial charge is 0.356 e. The number of nitrogens with zero attached hydrogens (tertiary/aromatic N) is 4. The van der Waals surface area contributed by atoms with Crippen molar-refractivity contribution in [2.24, 2.45) is 23.7 Å². The number of nitrogens with one attached hydrogen (secondary N) is 2. The minimum atomic E-state index is -4.61. The number of carbonyl (C=O) groups excluding carboxylic acids is 2. The predicted octanol–water partition coefficient (Wildman–Crippen LogP) is 5.14. The maximum atomic E-state index is 14.0. The fraction of sp³-hybridized carbons (Fsp3) is 0.613. The van der Waals surface area contributed by atoms with Crippen LogP contribution < -0.4 is 10.6 Å². The average molecular weight is 587 g/mol. The van der Waals surface area contributed by atoms with E-state index in [9.17, 15) is 22.8 Å². The highest BCUT2D eigenvalue weighted by atomic mass is 19.4. The first kappa shape index (κ1) is 30.3. The third kappa shape index (κ3) is 6.55. The maximum absolute atomic E-state index is 14.0. The van der Waals surface area contributed by atoms with Crippen LogP contribution in [0.25, 0.3) is 0 Å². The third-order valence-corrected chi connectivity index (χ3v) is 9.59. The number of carbonyl (C=O) groups is 2. The molecule has 8 nitrogen and oxygen atoms in total. The second-order valence-corrected chi connectivity index (χ2v) is 12.2. The highest BCUT2D eigenvalue weighted by Gasteiger charge is 2.48. The molecule has 2 aromatic rings. The molecule has 11 heteroatoms. The van der Waals surface area contributed by atoms with Gasteiger partial charge < -0.3 is 20.4 Å². The number of amides is 2. The molecule has 228 valence electrons. The fourth-order valence-electron chi connectivity index (χ4n) is 7.24. The number of hydrogen-bond donors (Lipinski definition) is 2. The van der Waals surface area contributed by atoms with Crippen LogP contribution in [0, 0.1) is 23.7 Å². The molecule has 4 aliphatic rings. The first-order valence-electron chi connectivity index (χ1n) is 15.1. The molecule has 1 aliphatic heterocycles. The Bertz CT molecular complexity index is 1250. The molecular weight excluding hydrogens is 545 g/mol. The van der Waals surface area contributed by atoms with Crippen LogP contribution in [0.2, 0.25) is 0 Å². The Hall–Kier alpha value is -3.21. The minimum absolute atomic E-state index is 0.0519. The lowest BCUT2D eigenvalue weighted by molar-refractivity contribution is -0.139. The summed E-state index contributed by atoms with van der Waals surface area (Å²) in [5.74, 6) is -0.173. The molecule has 0 radical (unpaired) electrons. The zero-order valence-corrected chi connectivity index (χ0v) is 24.6. The number of halogens is 3. The van der Waals surface area contributed by atoms with Gasteiger partial charge in [0.05, 0.1) is 11.3 Å². The van der Waals surface area contributed by atoms with Gasteiger partial charge in [0.1, 0.15) is 0 Å². The molecule has 2 atom stereocenters. The van der Waals surface area contributed by atoms with Gasteiger partial charge in [-0.3, -0.25) is 9.59 Å². The number of hydrogen-bond acceptors (Lipinski definition) is 6. The Kier molecular flexibility index (Phi) is 9.05. The van der Waals surface area contributed by atoms with Gasteiger partial charge in [-0.2, -0.15) is 13.2 Å². The summed E-state index contributed by atoms with van der Waals surface area (Å²) >= 11 is 0. The van der Waals surface area contributed by atoms with Gasteiger partial charge >= 0.3 is 6.18 Å². The first-order chi connectivity index (χ1) is 20.0. The Morgan fingerprint density at radius 1 is 1.02 bits per heavy atom. The number of likely N-dealkylation sites (tertiary alicyclic amines) is 1. The highest BCUT2D eigenvalue weighted by Crippen LogP contribution is 2.50. The Labute approximate surface area is 245 Å². The summed E-state index contributed by atoms with van der Waals surface area (Å²) in [5.41, 5.74) is 0.163. The lowest BCUT2D eigenvalue weighted by Crippen LogP contribution is -2.49. The van der Waals surface area contributed by atoms with Gasteiger partial charge in [0.25, 0.3) is 5.91 Å². The zero-order chi connectivity index (χ0) is 30.0. The van der Waals surface area contributed by atoms with Crippen molar-refractivity contribution in [3.63, 3.8) is 0 Å². The number of benzene rings is 1. The van der Waals surface area contributed by atoms with E-state index in [4.69, 9.17) is 0 Å². The van der Waals surface area contributed by atoms with Gasteiger partial charge in [0, 0.05) is 43.0 Å². The number of anilines is 2. The van der Waals surface area contributed by atoms with E-state index < -0.39 is 11.7 Å². The van der Waals surface area contributed by atoms with E-state index in [1.54, 1.807) is 29.2 Å². The van der Waals surface area contributed by atoms with E-state index in [0.29, 0.717) is 17.8 Å². The van der Waals surface area contributed by atoms with Crippen molar-refractivity contribution in [2.75, 3.05) is 39.0 Å². The summed E-state index contributed by atoms with van der Waals surface area (Å²) < 4.78 is 42.1. The molecule has 2 bridgehead atoms. The van der Waals surface area contributed by atoms with Gasteiger partial charge in [-0.15, -0.1) is 0 Å². The number of piperidine rings is 1. The molecule has 2 amide bonds. The highest BCUT2D eigenvalue weighted by molar-refractivity contribution is 5.94. The van der Waals surface area contributed by atoms with Crippen molar-refractivity contribution >= 4 is 23.5 Å². The number of alkyl halides is 3. The molecular formula is C31H41F3N6O2. The molecule has 0 spiro atoms. The molecule has 1 saturated heterocycles. The van der Waals surface area contributed by atoms with Gasteiger partial charge in [0.15, 0.2) is 0 Å². The maximum Gasteiger partial charge on any atom is 0.419 e. The Morgan fingerprint density at radius 2 is 1.67 bits per heavy atom. The second kappa shape index (κ2) is 12.6. The molecule has 1 aromatic carbocycles. The van der Waals surface area contributed by atoms with Crippen molar-refractivity contribution in [2.45, 2.75) is 64.1 Å². The first-order valence-corrected chi connectivity index (χ1v) is 15.1. The van der Waals surface area contributed by atoms with Crippen molar-refractivity contribution in [3.8, 4) is 0 Å². The SMILES string of the molecule is CCNC(=O)[C@H]1C2CCC(CC2)[C@H]1Cc1nc(Nc2ccc(C(=O)N(C)C3CCN(C)CC3)cc2)ncc1C(F)(F)F. The van der Waals surface area contributed by atoms with Crippen molar-refractivity contribution < 1.29 is 22.8 Å². The van der Waals surface area contributed by atoms with Crippen LogP contribution in [0.5, 0.6) is 0 Å². The topological polar surface area (TPSA) is 90.5 Å².